The van der Waals surface area contributed by atoms with E-state index in [2.05, 4.69) is 34.9 Å². The van der Waals surface area contributed by atoms with E-state index in [1.165, 1.54) is 5.56 Å². The number of fused-ring (bicyclic) bond motifs is 2. The van der Waals surface area contributed by atoms with Crippen molar-refractivity contribution in [1.29, 1.82) is 0 Å². The first kappa shape index (κ1) is 20.7. The Hall–Kier alpha value is -2.70. The lowest BCUT2D eigenvalue weighted by Crippen LogP contribution is -2.93. The average molecular weight is 459 g/mol. The van der Waals surface area contributed by atoms with Gasteiger partial charge in [-0.25, -0.2) is 4.79 Å². The largest absolute Gasteiger partial charge is 0.478 e. The Balaban J connectivity index is 1.13. The molecule has 2 aromatic rings. The molecule has 1 aliphatic heterocycles. The van der Waals surface area contributed by atoms with E-state index in [1.54, 1.807) is 12.1 Å². The predicted octanol–water partition coefficient (Wildman–Crippen LogP) is 3.72. The number of piperidine rings is 1. The second kappa shape index (κ2) is 6.92. The zero-order valence-electron chi connectivity index (χ0n) is 19.1. The van der Waals surface area contributed by atoms with Crippen molar-refractivity contribution < 1.29 is 19.8 Å². The molecule has 6 unspecified atom stereocenters. The molecular weight excluding hydrogens is 428 g/mol. The lowest BCUT2D eigenvalue weighted by Gasteiger charge is -2.93. The lowest BCUT2D eigenvalue weighted by molar-refractivity contribution is -0.464. The summed E-state index contributed by atoms with van der Waals surface area (Å²) in [5, 5.41) is 26.0. The van der Waals surface area contributed by atoms with Gasteiger partial charge in [-0.1, -0.05) is 24.3 Å². The Kier molecular flexibility index (Phi) is 4.21. The van der Waals surface area contributed by atoms with Crippen molar-refractivity contribution in [3.8, 4) is 11.1 Å². The summed E-state index contributed by atoms with van der Waals surface area (Å²) in [6.45, 7) is 2.34. The third-order valence-electron chi connectivity index (χ3n) is 10.3. The number of anilines is 1. The van der Waals surface area contributed by atoms with E-state index in [-0.39, 0.29) is 28.9 Å². The molecule has 34 heavy (non-hydrogen) atoms. The summed E-state index contributed by atoms with van der Waals surface area (Å²) >= 11 is 0. The minimum atomic E-state index is -1.00. The number of hydrogen-bond acceptors (Lipinski definition) is 4. The summed E-state index contributed by atoms with van der Waals surface area (Å²) in [5.74, 6) is 1.44. The Labute approximate surface area is 198 Å². The molecule has 1 heterocycles. The van der Waals surface area contributed by atoms with Crippen LogP contribution in [0.15, 0.2) is 42.5 Å². The van der Waals surface area contributed by atoms with Crippen molar-refractivity contribution in [2.75, 3.05) is 25.0 Å². The van der Waals surface area contributed by atoms with Crippen molar-refractivity contribution in [1.82, 2.24) is 5.32 Å². The minimum absolute atomic E-state index is 0.0379. The topological polar surface area (TPSA) is 98.7 Å². The van der Waals surface area contributed by atoms with Crippen LogP contribution < -0.4 is 10.6 Å². The molecule has 6 nitrogen and oxygen atoms in total. The number of hydrogen-bond donors (Lipinski definition) is 4. The Morgan fingerprint density at radius 3 is 2.32 bits per heavy atom. The van der Waals surface area contributed by atoms with Crippen LogP contribution in [0.1, 0.15) is 47.5 Å². The van der Waals surface area contributed by atoms with Gasteiger partial charge in [-0.05, 0) is 103 Å². The highest BCUT2D eigenvalue weighted by atomic mass is 16.4. The van der Waals surface area contributed by atoms with Crippen molar-refractivity contribution >= 4 is 17.6 Å². The SMILES string of the molecule is O=C(O)c1cc(NC(=O)C23CC4C2C2C3CC42CO)cc(-c2ccc(C3CCNCC3)cc2)c1. The van der Waals surface area contributed by atoms with Gasteiger partial charge in [0.15, 0.2) is 0 Å². The zero-order valence-corrected chi connectivity index (χ0v) is 19.1. The highest BCUT2D eigenvalue weighted by Crippen LogP contribution is 2.94. The van der Waals surface area contributed by atoms with E-state index in [0.717, 1.165) is 49.9 Å². The van der Waals surface area contributed by atoms with Crippen molar-refractivity contribution in [2.45, 2.75) is 31.6 Å². The molecule has 0 aromatic heterocycles. The molecule has 1 saturated heterocycles. The Bertz CT molecular complexity index is 1190. The number of aliphatic hydroxyl groups excluding tert-OH is 1. The van der Waals surface area contributed by atoms with Crippen LogP contribution in [-0.2, 0) is 4.79 Å². The summed E-state index contributed by atoms with van der Waals surface area (Å²) in [6.07, 6.45) is 4.10. The summed E-state index contributed by atoms with van der Waals surface area (Å²) < 4.78 is 0. The number of aliphatic hydroxyl groups is 1. The van der Waals surface area contributed by atoms with E-state index in [1.807, 2.05) is 6.07 Å². The number of carboxylic acids is 1. The standard InChI is InChI=1S/C28H30N2O4/c31-14-27-12-22-23(27)24-21(27)13-28(22,24)26(34)30-20-10-18(9-19(11-20)25(32)33)16-3-1-15(2-4-16)17-5-7-29-8-6-17/h1-4,9-11,17,21-24,29,31H,5-8,12-14H2,(H,30,34)(H,32,33). The third kappa shape index (κ3) is 2.43. The van der Waals surface area contributed by atoms with Gasteiger partial charge in [-0.3, -0.25) is 4.79 Å². The van der Waals surface area contributed by atoms with Crippen LogP contribution >= 0.6 is 0 Å². The lowest BCUT2D eigenvalue weighted by atomic mass is 9.09. The Morgan fingerprint density at radius 1 is 0.971 bits per heavy atom. The van der Waals surface area contributed by atoms with Crippen LogP contribution in [0.25, 0.3) is 11.1 Å². The van der Waals surface area contributed by atoms with Crippen LogP contribution in [0.3, 0.4) is 0 Å². The monoisotopic (exact) mass is 458 g/mol. The van der Waals surface area contributed by atoms with Gasteiger partial charge in [-0.2, -0.15) is 0 Å². The minimum Gasteiger partial charge on any atom is -0.478 e. The van der Waals surface area contributed by atoms with Crippen molar-refractivity contribution in [2.24, 2.45) is 34.5 Å². The van der Waals surface area contributed by atoms with Crippen LogP contribution in [0.2, 0.25) is 0 Å². The average Bonchev–Trinajstić information content (AvgIpc) is 2.87. The normalized spacial score (nSPS) is 36.7. The highest BCUT2D eigenvalue weighted by Gasteiger charge is 2.94. The van der Waals surface area contributed by atoms with Gasteiger partial charge in [0.2, 0.25) is 5.91 Å². The first-order valence-electron chi connectivity index (χ1n) is 12.6. The number of carboxylic acid groups (broad SMARTS) is 1. The number of amides is 1. The van der Waals surface area contributed by atoms with Crippen LogP contribution in [0, 0.1) is 34.5 Å². The number of benzene rings is 2. The maximum absolute atomic E-state index is 13.4. The molecule has 176 valence electrons. The molecule has 6 atom stereocenters. The molecule has 7 rings (SSSR count). The van der Waals surface area contributed by atoms with Crippen LogP contribution in [-0.4, -0.2) is 41.8 Å². The van der Waals surface area contributed by atoms with Gasteiger partial charge in [0.25, 0.3) is 0 Å². The van der Waals surface area contributed by atoms with Crippen molar-refractivity contribution in [3.63, 3.8) is 0 Å². The molecule has 4 aliphatic carbocycles. The molecule has 5 aliphatic rings. The first-order chi connectivity index (χ1) is 16.5. The smallest absolute Gasteiger partial charge is 0.335 e. The van der Waals surface area contributed by atoms with E-state index in [4.69, 9.17) is 0 Å². The fourth-order valence-electron chi connectivity index (χ4n) is 8.58. The van der Waals surface area contributed by atoms with Gasteiger partial charge in [0.1, 0.15) is 0 Å². The summed E-state index contributed by atoms with van der Waals surface area (Å²) in [6, 6.07) is 13.6. The van der Waals surface area contributed by atoms with Gasteiger partial charge in [0, 0.05) is 17.7 Å². The second-order valence-corrected chi connectivity index (χ2v) is 11.3. The quantitative estimate of drug-likeness (QED) is 0.529. The number of rotatable bonds is 6. The molecule has 4 N–H and O–H groups in total. The maximum Gasteiger partial charge on any atom is 0.335 e. The maximum atomic E-state index is 13.4. The summed E-state index contributed by atoms with van der Waals surface area (Å²) in [7, 11) is 0. The predicted molar refractivity (Wildman–Crippen MR) is 127 cm³/mol. The van der Waals surface area contributed by atoms with Gasteiger partial charge >= 0.3 is 5.97 Å². The summed E-state index contributed by atoms with van der Waals surface area (Å²) in [5.41, 5.74) is 3.64. The molecule has 6 heteroatoms. The van der Waals surface area contributed by atoms with Crippen molar-refractivity contribution in [3.05, 3.63) is 53.6 Å². The zero-order chi connectivity index (χ0) is 23.2. The highest BCUT2D eigenvalue weighted by molar-refractivity contribution is 6.00. The molecule has 5 fully saturated rings. The molecule has 0 radical (unpaired) electrons. The third-order valence-corrected chi connectivity index (χ3v) is 10.3. The molecule has 0 bridgehead atoms. The van der Waals surface area contributed by atoms with Gasteiger partial charge < -0.3 is 20.8 Å². The molecule has 0 spiro atoms. The number of carbonyl (C=O) groups excluding carboxylic acids is 1. The molecule has 4 saturated carbocycles. The Morgan fingerprint density at radius 2 is 1.74 bits per heavy atom. The fraction of sp³-hybridized carbons (Fsp3) is 0.500. The first-order valence-corrected chi connectivity index (χ1v) is 12.6. The summed E-state index contributed by atoms with van der Waals surface area (Å²) in [4.78, 5) is 25.2. The number of nitrogens with one attached hydrogen (secondary N) is 2. The van der Waals surface area contributed by atoms with Crippen LogP contribution in [0.5, 0.6) is 0 Å². The van der Waals surface area contributed by atoms with E-state index < -0.39 is 5.97 Å². The van der Waals surface area contributed by atoms with Gasteiger partial charge in [0.05, 0.1) is 11.0 Å². The van der Waals surface area contributed by atoms with Crippen LogP contribution in [0.4, 0.5) is 5.69 Å². The van der Waals surface area contributed by atoms with E-state index in [0.29, 0.717) is 35.3 Å². The number of carbonyl (C=O) groups is 2. The molecule has 1 amide bonds. The number of aromatic carboxylic acids is 1. The fourth-order valence-corrected chi connectivity index (χ4v) is 8.58. The van der Waals surface area contributed by atoms with E-state index in [9.17, 15) is 19.8 Å². The second-order valence-electron chi connectivity index (χ2n) is 11.3. The van der Waals surface area contributed by atoms with Gasteiger partial charge in [-0.15, -0.1) is 0 Å². The molecule has 2 aromatic carbocycles. The van der Waals surface area contributed by atoms with E-state index >= 15 is 0 Å². The molecular formula is C28H30N2O4.